The van der Waals surface area contributed by atoms with Crippen molar-refractivity contribution in [3.05, 3.63) is 89.7 Å². The van der Waals surface area contributed by atoms with Crippen molar-refractivity contribution in [3.63, 3.8) is 0 Å². The van der Waals surface area contributed by atoms with Crippen molar-refractivity contribution in [2.24, 2.45) is 7.05 Å². The minimum atomic E-state index is -0.989. The van der Waals surface area contributed by atoms with Crippen molar-refractivity contribution in [1.29, 1.82) is 0 Å². The van der Waals surface area contributed by atoms with Crippen molar-refractivity contribution < 1.29 is 14.3 Å². The maximum absolute atomic E-state index is 14.2. The molecule has 0 saturated carbocycles. The lowest BCUT2D eigenvalue weighted by atomic mass is 10.1. The Morgan fingerprint density at radius 3 is 2.49 bits per heavy atom. The van der Waals surface area contributed by atoms with Gasteiger partial charge in [-0.3, -0.25) is 9.59 Å². The zero-order valence-corrected chi connectivity index (χ0v) is 23.2. The van der Waals surface area contributed by atoms with Gasteiger partial charge in [0.05, 0.1) is 22.7 Å². The van der Waals surface area contributed by atoms with Crippen LogP contribution in [0.15, 0.2) is 72.8 Å². The minimum Gasteiger partial charge on any atom is -0.376 e. The number of nitrogens with one attached hydrogen (secondary N) is 1. The third kappa shape index (κ3) is 5.55. The number of imidazole rings is 1. The Morgan fingerprint density at radius 1 is 1.02 bits per heavy atom. The van der Waals surface area contributed by atoms with Crippen LogP contribution in [0.4, 0.5) is 0 Å². The number of rotatable bonds is 9. The van der Waals surface area contributed by atoms with Gasteiger partial charge < -0.3 is 19.5 Å². The Morgan fingerprint density at radius 2 is 1.76 bits per heavy atom. The Balaban J connectivity index is 1.41. The third-order valence-corrected chi connectivity index (χ3v) is 7.65. The summed E-state index contributed by atoms with van der Waals surface area (Å²) in [7, 11) is 1.88. The first kappa shape index (κ1) is 26.6. The quantitative estimate of drug-likeness (QED) is 0.300. The van der Waals surface area contributed by atoms with Crippen LogP contribution < -0.4 is 5.32 Å². The Kier molecular flexibility index (Phi) is 7.47. The van der Waals surface area contributed by atoms with Gasteiger partial charge in [-0.25, -0.2) is 9.67 Å². The predicted molar refractivity (Wildman–Crippen MR) is 155 cm³/mol. The largest absolute Gasteiger partial charge is 0.376 e. The Bertz CT molecular complexity index is 1690. The van der Waals surface area contributed by atoms with E-state index in [0.29, 0.717) is 24.5 Å². The summed E-state index contributed by atoms with van der Waals surface area (Å²) in [6.07, 6.45) is 1.82. The van der Waals surface area contributed by atoms with Crippen LogP contribution in [0.25, 0.3) is 22.1 Å². The topological polar surface area (TPSA) is 107 Å². The summed E-state index contributed by atoms with van der Waals surface area (Å²) in [5.41, 5.74) is 5.10. The highest BCUT2D eigenvalue weighted by Gasteiger charge is 2.36. The lowest BCUT2D eigenvalue weighted by Crippen LogP contribution is -2.47. The lowest BCUT2D eigenvalue weighted by molar-refractivity contribution is -0.142. The highest BCUT2D eigenvalue weighted by molar-refractivity contribution is 5.90. The van der Waals surface area contributed by atoms with Gasteiger partial charge in [-0.1, -0.05) is 59.3 Å². The second-order valence-corrected chi connectivity index (χ2v) is 10.5. The molecular formula is C31H33N7O3. The maximum atomic E-state index is 14.2. The van der Waals surface area contributed by atoms with Crippen LogP contribution >= 0.6 is 0 Å². The first-order chi connectivity index (χ1) is 20.0. The van der Waals surface area contributed by atoms with Gasteiger partial charge in [-0.2, -0.15) is 0 Å². The van der Waals surface area contributed by atoms with Crippen molar-refractivity contribution in [1.82, 2.24) is 34.8 Å². The molecule has 2 atom stereocenters. The van der Waals surface area contributed by atoms with Crippen LogP contribution in [-0.2, 0) is 34.5 Å². The number of nitrogens with zero attached hydrogens (tertiary/aromatic N) is 6. The SMILES string of the molecule is Cc1ccc(CN(C(=O)Cn2nnc3ccccc32)C(C(=O)NCC2CCCO2)c2nc3ccccc3n2C)cc1. The van der Waals surface area contributed by atoms with Crippen LogP contribution in [0, 0.1) is 6.92 Å². The molecule has 10 nitrogen and oxygen atoms in total. The zero-order valence-electron chi connectivity index (χ0n) is 23.2. The highest BCUT2D eigenvalue weighted by Crippen LogP contribution is 2.27. The van der Waals surface area contributed by atoms with Crippen molar-refractivity contribution in [3.8, 4) is 0 Å². The molecule has 0 aliphatic carbocycles. The molecule has 3 heterocycles. The summed E-state index contributed by atoms with van der Waals surface area (Å²) in [6, 6.07) is 22.2. The number of carbonyl (C=O) groups is 2. The Hall–Kier alpha value is -4.57. The average Bonchev–Trinajstić information content (AvgIpc) is 3.73. The summed E-state index contributed by atoms with van der Waals surface area (Å²) < 4.78 is 9.23. The number of hydrogen-bond acceptors (Lipinski definition) is 6. The summed E-state index contributed by atoms with van der Waals surface area (Å²) in [4.78, 5) is 34.8. The third-order valence-electron chi connectivity index (χ3n) is 7.65. The summed E-state index contributed by atoms with van der Waals surface area (Å²) in [5.74, 6) is -0.0895. The van der Waals surface area contributed by atoms with E-state index in [1.54, 1.807) is 9.58 Å². The summed E-state index contributed by atoms with van der Waals surface area (Å²) >= 11 is 0. The molecule has 6 rings (SSSR count). The van der Waals surface area contributed by atoms with E-state index >= 15 is 0 Å². The number of fused-ring (bicyclic) bond motifs is 2. The normalized spacial score (nSPS) is 15.8. The monoisotopic (exact) mass is 551 g/mol. The molecule has 1 saturated heterocycles. The molecule has 10 heteroatoms. The number of carbonyl (C=O) groups excluding carboxylic acids is 2. The van der Waals surface area contributed by atoms with Crippen molar-refractivity contribution in [2.75, 3.05) is 13.2 Å². The van der Waals surface area contributed by atoms with Gasteiger partial charge >= 0.3 is 0 Å². The number of aromatic nitrogens is 5. The molecule has 1 aliphatic heterocycles. The molecule has 1 N–H and O–H groups in total. The van der Waals surface area contributed by atoms with E-state index < -0.39 is 6.04 Å². The second-order valence-electron chi connectivity index (χ2n) is 10.5. The molecule has 3 aromatic carbocycles. The van der Waals surface area contributed by atoms with Gasteiger partial charge in [0.2, 0.25) is 5.91 Å². The standard InChI is InChI=1S/C31H33N7O3/c1-21-13-15-22(16-14-21)19-37(28(39)20-38-27-12-6-4-10-25(27)34-35-38)29(31(40)32-18-23-8-7-17-41-23)30-33-24-9-3-5-11-26(24)36(30)2/h3-6,9-16,23,29H,7-8,17-20H2,1-2H3,(H,32,40). The average molecular weight is 552 g/mol. The number of ether oxygens (including phenoxy) is 1. The zero-order chi connectivity index (χ0) is 28.3. The van der Waals surface area contributed by atoms with Gasteiger partial charge in [0, 0.05) is 26.7 Å². The van der Waals surface area contributed by atoms with Gasteiger partial charge in [0.1, 0.15) is 17.9 Å². The van der Waals surface area contributed by atoms with E-state index in [2.05, 4.69) is 15.6 Å². The molecule has 1 fully saturated rings. The summed E-state index contributed by atoms with van der Waals surface area (Å²) in [5, 5.41) is 11.5. The second kappa shape index (κ2) is 11.5. The molecule has 2 amide bonds. The minimum absolute atomic E-state index is 0.0391. The fourth-order valence-corrected chi connectivity index (χ4v) is 5.39. The van der Waals surface area contributed by atoms with Crippen LogP contribution in [0.2, 0.25) is 0 Å². The smallest absolute Gasteiger partial charge is 0.250 e. The molecule has 41 heavy (non-hydrogen) atoms. The maximum Gasteiger partial charge on any atom is 0.250 e. The van der Waals surface area contributed by atoms with E-state index in [-0.39, 0.29) is 31.0 Å². The molecule has 210 valence electrons. The summed E-state index contributed by atoms with van der Waals surface area (Å²) in [6.45, 7) is 3.22. The lowest BCUT2D eigenvalue weighted by Gasteiger charge is -2.31. The molecule has 5 aromatic rings. The molecule has 0 bridgehead atoms. The van der Waals surface area contributed by atoms with E-state index in [4.69, 9.17) is 9.72 Å². The van der Waals surface area contributed by atoms with E-state index in [1.807, 2.05) is 91.3 Å². The van der Waals surface area contributed by atoms with Gasteiger partial charge in [-0.05, 0) is 49.6 Å². The first-order valence-corrected chi connectivity index (χ1v) is 13.9. The van der Waals surface area contributed by atoms with Crippen molar-refractivity contribution >= 4 is 33.9 Å². The first-order valence-electron chi connectivity index (χ1n) is 13.9. The number of para-hydroxylation sites is 3. The number of benzene rings is 3. The number of hydrogen-bond donors (Lipinski definition) is 1. The predicted octanol–water partition coefficient (Wildman–Crippen LogP) is 3.69. The molecular weight excluding hydrogens is 518 g/mol. The Labute approximate surface area is 237 Å². The van der Waals surface area contributed by atoms with Crippen LogP contribution in [0.3, 0.4) is 0 Å². The fourth-order valence-electron chi connectivity index (χ4n) is 5.39. The van der Waals surface area contributed by atoms with Gasteiger partial charge in [0.15, 0.2) is 6.04 Å². The van der Waals surface area contributed by atoms with E-state index in [1.165, 1.54) is 0 Å². The van der Waals surface area contributed by atoms with E-state index in [9.17, 15) is 9.59 Å². The van der Waals surface area contributed by atoms with Crippen LogP contribution in [0.5, 0.6) is 0 Å². The van der Waals surface area contributed by atoms with Crippen LogP contribution in [-0.4, -0.2) is 60.5 Å². The van der Waals surface area contributed by atoms with Crippen molar-refractivity contribution in [2.45, 2.75) is 45.0 Å². The highest BCUT2D eigenvalue weighted by atomic mass is 16.5. The number of aryl methyl sites for hydroxylation is 2. The number of amides is 2. The van der Waals surface area contributed by atoms with E-state index in [0.717, 1.165) is 40.5 Å². The molecule has 2 unspecified atom stereocenters. The molecule has 0 radical (unpaired) electrons. The molecule has 0 spiro atoms. The van der Waals surface area contributed by atoms with Gasteiger partial charge in [0.25, 0.3) is 5.91 Å². The van der Waals surface area contributed by atoms with Crippen LogP contribution in [0.1, 0.15) is 35.8 Å². The van der Waals surface area contributed by atoms with Gasteiger partial charge in [-0.15, -0.1) is 5.10 Å². The molecule has 2 aromatic heterocycles. The molecule has 1 aliphatic rings. The fraction of sp³-hybridized carbons (Fsp3) is 0.323.